The molecule has 1 aliphatic heterocycles. The van der Waals surface area contributed by atoms with Gasteiger partial charge in [0.25, 0.3) is 0 Å². The zero-order valence-electron chi connectivity index (χ0n) is 14.5. The largest absolute Gasteiger partial charge is 0.378 e. The number of nitrogens with zero attached hydrogens (tertiary/aromatic N) is 1. The molecule has 140 valence electrons. The molecule has 0 radical (unpaired) electrons. The normalized spacial score (nSPS) is 15.2. The molecule has 0 spiro atoms. The standard InChI is InChI=1S/C19H23ClN2O3S/c20-18-3-1-2-17(14-18)15-26(23,24)21-9-8-16-4-6-19(7-5-16)22-10-12-25-13-11-22/h1-7,14,21H,8-13,15H2. The summed E-state index contributed by atoms with van der Waals surface area (Å²) in [6.45, 7) is 3.71. The molecule has 0 amide bonds. The Morgan fingerprint density at radius 3 is 2.46 bits per heavy atom. The SMILES string of the molecule is O=S(=O)(Cc1cccc(Cl)c1)NCCc1ccc(N2CCOCC2)cc1. The highest BCUT2D eigenvalue weighted by Crippen LogP contribution is 2.17. The Hall–Kier alpha value is -1.60. The summed E-state index contributed by atoms with van der Waals surface area (Å²) in [7, 11) is -3.38. The van der Waals surface area contributed by atoms with E-state index in [1.54, 1.807) is 24.3 Å². The predicted octanol–water partition coefficient (Wildman–Crippen LogP) is 2.84. The lowest BCUT2D eigenvalue weighted by Crippen LogP contribution is -2.36. The first-order chi connectivity index (χ1) is 12.5. The summed E-state index contributed by atoms with van der Waals surface area (Å²) < 4.78 is 32.4. The molecule has 7 heteroatoms. The van der Waals surface area contributed by atoms with Gasteiger partial charge in [0.15, 0.2) is 0 Å². The Morgan fingerprint density at radius 1 is 1.04 bits per heavy atom. The number of hydrogen-bond donors (Lipinski definition) is 1. The molecule has 1 aliphatic rings. The molecule has 1 heterocycles. The molecule has 2 aromatic rings. The molecule has 3 rings (SSSR count). The van der Waals surface area contributed by atoms with Crippen LogP contribution in [0.4, 0.5) is 5.69 Å². The maximum Gasteiger partial charge on any atom is 0.215 e. The first-order valence-corrected chi connectivity index (χ1v) is 10.7. The third kappa shape index (κ3) is 5.71. The van der Waals surface area contributed by atoms with Crippen LogP contribution in [0.1, 0.15) is 11.1 Å². The van der Waals surface area contributed by atoms with E-state index in [4.69, 9.17) is 16.3 Å². The molecule has 0 atom stereocenters. The van der Waals surface area contributed by atoms with Crippen LogP contribution in [0.5, 0.6) is 0 Å². The van der Waals surface area contributed by atoms with Crippen molar-refractivity contribution in [3.63, 3.8) is 0 Å². The summed E-state index contributed by atoms with van der Waals surface area (Å²) in [6.07, 6.45) is 0.651. The van der Waals surface area contributed by atoms with Crippen LogP contribution in [0, 0.1) is 0 Å². The summed E-state index contributed by atoms with van der Waals surface area (Å²) in [4.78, 5) is 2.29. The molecule has 2 aromatic carbocycles. The number of rotatable bonds is 7. The molecule has 0 aromatic heterocycles. The number of benzene rings is 2. The Kier molecular flexibility index (Phi) is 6.53. The number of morpholine rings is 1. The lowest BCUT2D eigenvalue weighted by molar-refractivity contribution is 0.122. The molecular weight excluding hydrogens is 372 g/mol. The lowest BCUT2D eigenvalue weighted by Gasteiger charge is -2.28. The molecule has 1 N–H and O–H groups in total. The van der Waals surface area contributed by atoms with Gasteiger partial charge < -0.3 is 9.64 Å². The van der Waals surface area contributed by atoms with Gasteiger partial charge in [-0.25, -0.2) is 13.1 Å². The third-order valence-electron chi connectivity index (χ3n) is 4.29. The molecule has 1 fully saturated rings. The second-order valence-electron chi connectivity index (χ2n) is 6.30. The van der Waals surface area contributed by atoms with Gasteiger partial charge >= 0.3 is 0 Å². The summed E-state index contributed by atoms with van der Waals surface area (Å²) in [5, 5.41) is 0.540. The van der Waals surface area contributed by atoms with E-state index in [2.05, 4.69) is 33.9 Å². The van der Waals surface area contributed by atoms with Gasteiger partial charge in [0.05, 0.1) is 19.0 Å². The maximum absolute atomic E-state index is 12.2. The van der Waals surface area contributed by atoms with Crippen LogP contribution < -0.4 is 9.62 Å². The minimum atomic E-state index is -3.38. The highest BCUT2D eigenvalue weighted by Gasteiger charge is 2.12. The zero-order valence-corrected chi connectivity index (χ0v) is 16.1. The van der Waals surface area contributed by atoms with Crippen molar-refractivity contribution in [2.75, 3.05) is 37.7 Å². The number of ether oxygens (including phenoxy) is 1. The molecule has 1 saturated heterocycles. The van der Waals surface area contributed by atoms with Gasteiger partial charge in [-0.2, -0.15) is 0 Å². The second kappa shape index (κ2) is 8.86. The summed E-state index contributed by atoms with van der Waals surface area (Å²) in [6, 6.07) is 15.2. The van der Waals surface area contributed by atoms with Crippen LogP contribution >= 0.6 is 11.6 Å². The molecular formula is C19H23ClN2O3S. The van der Waals surface area contributed by atoms with Gasteiger partial charge in [0, 0.05) is 30.3 Å². The van der Waals surface area contributed by atoms with Crippen molar-refractivity contribution >= 4 is 27.3 Å². The van der Waals surface area contributed by atoms with Crippen LogP contribution in [0.3, 0.4) is 0 Å². The monoisotopic (exact) mass is 394 g/mol. The minimum Gasteiger partial charge on any atom is -0.378 e. The first kappa shape index (κ1) is 19.2. The minimum absolute atomic E-state index is 0.0659. The lowest BCUT2D eigenvalue weighted by atomic mass is 10.1. The van der Waals surface area contributed by atoms with Crippen molar-refractivity contribution in [1.29, 1.82) is 0 Å². The van der Waals surface area contributed by atoms with Crippen LogP contribution in [-0.2, 0) is 26.9 Å². The van der Waals surface area contributed by atoms with E-state index >= 15 is 0 Å². The molecule has 0 bridgehead atoms. The molecule has 0 saturated carbocycles. The van der Waals surface area contributed by atoms with E-state index in [1.165, 1.54) is 5.69 Å². The van der Waals surface area contributed by atoms with Crippen molar-refractivity contribution < 1.29 is 13.2 Å². The van der Waals surface area contributed by atoms with Crippen molar-refractivity contribution in [3.8, 4) is 0 Å². The maximum atomic E-state index is 12.2. The van der Waals surface area contributed by atoms with E-state index in [0.717, 1.165) is 31.9 Å². The quantitative estimate of drug-likeness (QED) is 0.784. The Labute approximate surface area is 160 Å². The van der Waals surface area contributed by atoms with Crippen molar-refractivity contribution in [2.24, 2.45) is 0 Å². The smallest absolute Gasteiger partial charge is 0.215 e. The van der Waals surface area contributed by atoms with Crippen molar-refractivity contribution in [3.05, 3.63) is 64.7 Å². The molecule has 5 nitrogen and oxygen atoms in total. The van der Waals surface area contributed by atoms with Gasteiger partial charge in [-0.1, -0.05) is 35.9 Å². The van der Waals surface area contributed by atoms with Gasteiger partial charge in [-0.05, 0) is 41.8 Å². The number of anilines is 1. The van der Waals surface area contributed by atoms with E-state index in [9.17, 15) is 8.42 Å². The average molecular weight is 395 g/mol. The van der Waals surface area contributed by atoms with Crippen molar-refractivity contribution in [2.45, 2.75) is 12.2 Å². The van der Waals surface area contributed by atoms with E-state index in [0.29, 0.717) is 23.6 Å². The van der Waals surface area contributed by atoms with Gasteiger partial charge in [-0.15, -0.1) is 0 Å². The second-order valence-corrected chi connectivity index (χ2v) is 8.54. The average Bonchev–Trinajstić information content (AvgIpc) is 2.62. The van der Waals surface area contributed by atoms with Crippen molar-refractivity contribution in [1.82, 2.24) is 4.72 Å². The van der Waals surface area contributed by atoms with E-state index in [-0.39, 0.29) is 5.75 Å². The Balaban J connectivity index is 1.49. The molecule has 0 unspecified atom stereocenters. The zero-order chi connectivity index (χ0) is 18.4. The fraction of sp³-hybridized carbons (Fsp3) is 0.368. The van der Waals surface area contributed by atoms with E-state index < -0.39 is 10.0 Å². The summed E-state index contributed by atoms with van der Waals surface area (Å²) in [5.41, 5.74) is 2.96. The Morgan fingerprint density at radius 2 is 1.77 bits per heavy atom. The predicted molar refractivity (Wildman–Crippen MR) is 105 cm³/mol. The van der Waals surface area contributed by atoms with E-state index in [1.807, 2.05) is 0 Å². The van der Waals surface area contributed by atoms with Gasteiger partial charge in [-0.3, -0.25) is 0 Å². The highest BCUT2D eigenvalue weighted by molar-refractivity contribution is 7.88. The van der Waals surface area contributed by atoms with Crippen LogP contribution in [-0.4, -0.2) is 41.3 Å². The topological polar surface area (TPSA) is 58.6 Å². The number of halogens is 1. The number of sulfonamides is 1. The third-order valence-corrected chi connectivity index (χ3v) is 5.89. The van der Waals surface area contributed by atoms with Gasteiger partial charge in [0.1, 0.15) is 0 Å². The van der Waals surface area contributed by atoms with Crippen LogP contribution in [0.15, 0.2) is 48.5 Å². The molecule has 0 aliphatic carbocycles. The summed E-state index contributed by atoms with van der Waals surface area (Å²) >= 11 is 5.90. The fourth-order valence-corrected chi connectivity index (χ4v) is 4.29. The number of hydrogen-bond acceptors (Lipinski definition) is 4. The first-order valence-electron chi connectivity index (χ1n) is 8.65. The highest BCUT2D eigenvalue weighted by atomic mass is 35.5. The van der Waals surface area contributed by atoms with Gasteiger partial charge in [0.2, 0.25) is 10.0 Å². The van der Waals surface area contributed by atoms with Crippen LogP contribution in [0.2, 0.25) is 5.02 Å². The fourth-order valence-electron chi connectivity index (χ4n) is 2.94. The summed E-state index contributed by atoms with van der Waals surface area (Å²) in [5.74, 6) is -0.0659. The Bertz CT molecular complexity index is 819. The van der Waals surface area contributed by atoms with Crippen LogP contribution in [0.25, 0.3) is 0 Å². The number of nitrogens with one attached hydrogen (secondary N) is 1. The molecule has 26 heavy (non-hydrogen) atoms.